The molecule has 0 aliphatic carbocycles. The van der Waals surface area contributed by atoms with Gasteiger partial charge in [-0.1, -0.05) is 0 Å². The van der Waals surface area contributed by atoms with Crippen molar-refractivity contribution >= 4 is 72.7 Å². The van der Waals surface area contributed by atoms with E-state index in [1.54, 1.807) is 0 Å². The fraction of sp³-hybridized carbons (Fsp3) is 0. The first kappa shape index (κ1) is 16.4. The van der Waals surface area contributed by atoms with Gasteiger partial charge in [0, 0.05) is 21.7 Å². The molecule has 0 atom stereocenters. The summed E-state index contributed by atoms with van der Waals surface area (Å²) in [6, 6.07) is 0. The Balaban J connectivity index is -0.0000000800. The minimum Gasteiger partial charge on any atom is 0 e. The Hall–Kier alpha value is 2.76. The van der Waals surface area contributed by atoms with Gasteiger partial charge in [0.1, 0.15) is 0 Å². The average Bonchev–Trinajstić information content (AvgIpc) is 0.722. The Bertz CT molecular complexity index is 57.8. The predicted molar refractivity (Wildman–Crippen MR) is 20.2 cm³/mol. The molecule has 0 bridgehead atoms. The Morgan fingerprint density at radius 2 is 1.14 bits per heavy atom. The molecule has 0 spiro atoms. The maximum atomic E-state index is 8.94. The molecule has 38 valence electrons. The Morgan fingerprint density at radius 1 is 1.14 bits per heavy atom. The van der Waals surface area contributed by atoms with E-state index in [-0.39, 0.29) is 79.9 Å². The summed E-state index contributed by atoms with van der Waals surface area (Å²) in [6.07, 6.45) is 0. The van der Waals surface area contributed by atoms with E-state index in [2.05, 4.69) is 0 Å². The van der Waals surface area contributed by atoms with Gasteiger partial charge < -0.3 is 0 Å². The smallest absolute Gasteiger partial charge is 0 e. The molecule has 3 N–H and O–H groups in total. The van der Waals surface area contributed by atoms with Crippen molar-refractivity contribution in [2.24, 2.45) is 0 Å². The van der Waals surface area contributed by atoms with Gasteiger partial charge in [-0.15, -0.1) is 0 Å². The van der Waals surface area contributed by atoms with Gasteiger partial charge in [0.25, 0.3) is 0 Å². The third-order valence-electron chi connectivity index (χ3n) is 0. The molecule has 0 fully saturated rings. The zero-order valence-corrected chi connectivity index (χ0v) is 6.14. The summed E-state index contributed by atoms with van der Waals surface area (Å²) >= 11 is -5.12. The third-order valence-corrected chi connectivity index (χ3v) is 0. The van der Waals surface area contributed by atoms with Crippen LogP contribution in [0.1, 0.15) is 0 Å². The fourth-order valence-electron chi connectivity index (χ4n) is 0. The molecule has 0 radical (unpaired) electrons. The summed E-state index contributed by atoms with van der Waals surface area (Å²) < 4.78 is 30.7. The summed E-state index contributed by atoms with van der Waals surface area (Å²) in [5.41, 5.74) is 0. The van der Waals surface area contributed by atoms with Crippen LogP contribution < -0.4 is 0 Å². The Morgan fingerprint density at radius 3 is 1.14 bits per heavy atom. The molecule has 0 saturated heterocycles. The third kappa shape index (κ3) is 52.6. The standard InChI is InChI=1S/AsH3O4.Rb.Ti.H/c2-1(3,4)5;;;/h(H3,2,3,4,5);;;. The van der Waals surface area contributed by atoms with Crippen molar-refractivity contribution in [2.45, 2.75) is 0 Å². The van der Waals surface area contributed by atoms with Gasteiger partial charge in [0.2, 0.25) is 0 Å². The molecule has 7 heteroatoms. The van der Waals surface area contributed by atoms with Crippen LogP contribution in [0.3, 0.4) is 0 Å². The normalized spacial score (nSPS) is 8.43. The van der Waals surface area contributed by atoms with Crippen LogP contribution in [0.4, 0.5) is 0 Å². The maximum Gasteiger partial charge on any atom is 0 e. The second-order valence-corrected chi connectivity index (χ2v) is 2.67. The zero-order chi connectivity index (χ0) is 4.50. The molecular weight excluding hydrogens is 272 g/mol. The predicted octanol–water partition coefficient (Wildman–Crippen LogP) is -2.82. The largest absolute Gasteiger partial charge is 0 e. The molecule has 0 unspecified atom stereocenters. The van der Waals surface area contributed by atoms with Crippen molar-refractivity contribution in [1.29, 1.82) is 0 Å². The van der Waals surface area contributed by atoms with Gasteiger partial charge in [-0.2, -0.15) is 0 Å². The molecule has 0 aromatic rings. The number of rotatable bonds is 0. The summed E-state index contributed by atoms with van der Waals surface area (Å²) in [5.74, 6) is 0. The first-order valence-electron chi connectivity index (χ1n) is 0.783. The molecule has 0 heterocycles. The molecule has 0 aromatic carbocycles. The van der Waals surface area contributed by atoms with Gasteiger partial charge in [-0.25, -0.2) is 0 Å². The first-order chi connectivity index (χ1) is 2.00. The van der Waals surface area contributed by atoms with Gasteiger partial charge in [0.05, 0.1) is 0 Å². The van der Waals surface area contributed by atoms with Gasteiger partial charge in [-0.05, 0) is 0 Å². The van der Waals surface area contributed by atoms with E-state index >= 15 is 0 Å². The quantitative estimate of drug-likeness (QED) is 0.417. The number of hydrogen-bond donors (Lipinski definition) is 3. The zero-order valence-electron chi connectivity index (χ0n) is 2.70. The van der Waals surface area contributed by atoms with Crippen LogP contribution in [-0.2, 0) is 25.5 Å². The van der Waals surface area contributed by atoms with Crippen LogP contribution in [0.5, 0.6) is 0 Å². The maximum absolute atomic E-state index is 8.94. The van der Waals surface area contributed by atoms with E-state index < -0.39 is 14.5 Å². The van der Waals surface area contributed by atoms with Crippen molar-refractivity contribution < 1.29 is 37.7 Å². The van der Waals surface area contributed by atoms with Crippen molar-refractivity contribution in [3.05, 3.63) is 0 Å². The second kappa shape index (κ2) is 6.87. The van der Waals surface area contributed by atoms with Crippen molar-refractivity contribution in [2.75, 3.05) is 0 Å². The molecular formula is H4AsO4RbTi. The van der Waals surface area contributed by atoms with Crippen molar-refractivity contribution in [3.8, 4) is 0 Å². The monoisotopic (exact) mass is 276 g/mol. The van der Waals surface area contributed by atoms with Crippen LogP contribution in [0.2, 0.25) is 0 Å². The Kier molecular flexibility index (Phi) is 16.1. The van der Waals surface area contributed by atoms with E-state index in [1.807, 2.05) is 0 Å². The molecule has 0 aliphatic heterocycles. The molecule has 0 aliphatic rings. The van der Waals surface area contributed by atoms with Crippen LogP contribution in [0.25, 0.3) is 0 Å². The Labute approximate surface area is 108 Å². The van der Waals surface area contributed by atoms with E-state index in [0.29, 0.717) is 0 Å². The van der Waals surface area contributed by atoms with Gasteiger partial charge in [0.15, 0.2) is 0 Å². The number of hydrogen-bond acceptors (Lipinski definition) is 1. The molecule has 0 rings (SSSR count). The van der Waals surface area contributed by atoms with Crippen LogP contribution in [0.15, 0.2) is 0 Å². The summed E-state index contributed by atoms with van der Waals surface area (Å²) in [4.78, 5) is 0. The molecule has 7 heavy (non-hydrogen) atoms. The van der Waals surface area contributed by atoms with Crippen molar-refractivity contribution in [1.82, 2.24) is 0 Å². The molecule has 0 saturated carbocycles. The van der Waals surface area contributed by atoms with E-state index in [9.17, 15) is 0 Å². The fourth-order valence-corrected chi connectivity index (χ4v) is 0. The molecule has 4 nitrogen and oxygen atoms in total. The van der Waals surface area contributed by atoms with E-state index in [0.717, 1.165) is 0 Å². The SMILES string of the molecule is O=[As](O)(O)O.[RbH].[Ti]. The molecule has 0 amide bonds. The first-order valence-corrected chi connectivity index (χ1v) is 4.07. The molecule has 0 aromatic heterocycles. The van der Waals surface area contributed by atoms with Crippen molar-refractivity contribution in [3.63, 3.8) is 0 Å². The summed E-state index contributed by atoms with van der Waals surface area (Å²) in [6.45, 7) is 0. The topological polar surface area (TPSA) is 77.8 Å². The minimum absolute atomic E-state index is 0. The second-order valence-electron chi connectivity index (χ2n) is 0.513. The van der Waals surface area contributed by atoms with Gasteiger partial charge >= 0.3 is 88.7 Å². The van der Waals surface area contributed by atoms with Crippen LogP contribution in [-0.4, -0.2) is 85.0 Å². The van der Waals surface area contributed by atoms with Gasteiger partial charge in [-0.3, -0.25) is 0 Å². The van der Waals surface area contributed by atoms with Crippen LogP contribution in [0, 0.1) is 0 Å². The van der Waals surface area contributed by atoms with E-state index in [4.69, 9.17) is 16.0 Å². The van der Waals surface area contributed by atoms with Crippen LogP contribution >= 0.6 is 0 Å². The average molecular weight is 276 g/mol. The summed E-state index contributed by atoms with van der Waals surface area (Å²) in [7, 11) is 0. The minimum atomic E-state index is -5.12. The van der Waals surface area contributed by atoms with E-state index in [1.165, 1.54) is 0 Å². The summed E-state index contributed by atoms with van der Waals surface area (Å²) in [5, 5.41) is 0.